The Kier molecular flexibility index (Phi) is 15.6. The minimum atomic E-state index is -1.02. The van der Waals surface area contributed by atoms with E-state index in [-0.39, 0.29) is 6.42 Å². The molecule has 0 fully saturated rings. The van der Waals surface area contributed by atoms with Crippen LogP contribution < -0.4 is 0 Å². The number of carbonyl (C=O) groups is 2. The molecule has 0 aromatic carbocycles. The van der Waals surface area contributed by atoms with E-state index in [1.54, 1.807) is 0 Å². The second-order valence-corrected chi connectivity index (χ2v) is 6.67. The fourth-order valence-corrected chi connectivity index (χ4v) is 2.93. The smallest absolute Gasteiger partial charge is 0.307 e. The van der Waals surface area contributed by atoms with Gasteiger partial charge in [0.2, 0.25) is 0 Å². The molecule has 0 rings (SSSR count). The van der Waals surface area contributed by atoms with E-state index in [0.717, 1.165) is 19.3 Å². The average molecular weight is 341 g/mol. The van der Waals surface area contributed by atoms with Gasteiger partial charge < -0.3 is 10.2 Å². The van der Waals surface area contributed by atoms with E-state index in [2.05, 4.69) is 19.1 Å². The van der Waals surface area contributed by atoms with Crippen molar-refractivity contribution in [2.24, 2.45) is 5.92 Å². The summed E-state index contributed by atoms with van der Waals surface area (Å²) in [7, 11) is 0. The molecule has 0 radical (unpaired) electrons. The zero-order valence-electron chi connectivity index (χ0n) is 15.3. The summed E-state index contributed by atoms with van der Waals surface area (Å²) in [5.41, 5.74) is 0. The fourth-order valence-electron chi connectivity index (χ4n) is 2.93. The van der Waals surface area contributed by atoms with E-state index < -0.39 is 17.9 Å². The second-order valence-electron chi connectivity index (χ2n) is 6.67. The lowest BCUT2D eigenvalue weighted by Gasteiger charge is -2.09. The molecule has 0 spiro atoms. The quantitative estimate of drug-likeness (QED) is 0.259. The van der Waals surface area contributed by atoms with Crippen LogP contribution in [0.1, 0.15) is 96.8 Å². The molecule has 1 atom stereocenters. The molecule has 0 heterocycles. The SMILES string of the molecule is CC=CCCCCCCCCCCCCCC(CC(=O)O)C(=O)O. The lowest BCUT2D eigenvalue weighted by molar-refractivity contribution is -0.148. The van der Waals surface area contributed by atoms with Crippen LogP contribution in [0.3, 0.4) is 0 Å². The van der Waals surface area contributed by atoms with Gasteiger partial charge in [0.15, 0.2) is 0 Å². The highest BCUT2D eigenvalue weighted by Gasteiger charge is 2.20. The van der Waals surface area contributed by atoms with Crippen molar-refractivity contribution in [1.29, 1.82) is 0 Å². The monoisotopic (exact) mass is 340 g/mol. The first kappa shape index (κ1) is 22.7. The number of unbranched alkanes of at least 4 members (excludes halogenated alkanes) is 11. The highest BCUT2D eigenvalue weighted by molar-refractivity contribution is 5.77. The maximum Gasteiger partial charge on any atom is 0.307 e. The number of rotatable bonds is 17. The first-order chi connectivity index (χ1) is 11.6. The molecule has 2 N–H and O–H groups in total. The van der Waals surface area contributed by atoms with Crippen LogP contribution in [0.5, 0.6) is 0 Å². The van der Waals surface area contributed by atoms with Crippen molar-refractivity contribution in [3.63, 3.8) is 0 Å². The Hall–Kier alpha value is -1.32. The van der Waals surface area contributed by atoms with Gasteiger partial charge >= 0.3 is 11.9 Å². The maximum atomic E-state index is 10.9. The van der Waals surface area contributed by atoms with Gasteiger partial charge in [0.05, 0.1) is 12.3 Å². The van der Waals surface area contributed by atoms with E-state index in [1.807, 2.05) is 0 Å². The Labute approximate surface area is 147 Å². The molecule has 0 aliphatic heterocycles. The maximum absolute atomic E-state index is 10.9. The number of allylic oxidation sites excluding steroid dienone is 2. The van der Waals surface area contributed by atoms with Crippen LogP contribution >= 0.6 is 0 Å². The van der Waals surface area contributed by atoms with Gasteiger partial charge in [0.25, 0.3) is 0 Å². The minimum Gasteiger partial charge on any atom is -0.481 e. The molecule has 0 aromatic rings. The van der Waals surface area contributed by atoms with E-state index in [4.69, 9.17) is 10.2 Å². The third-order valence-electron chi connectivity index (χ3n) is 4.43. The topological polar surface area (TPSA) is 74.6 Å². The second kappa shape index (κ2) is 16.5. The first-order valence-electron chi connectivity index (χ1n) is 9.63. The van der Waals surface area contributed by atoms with Gasteiger partial charge in [0, 0.05) is 0 Å². The lowest BCUT2D eigenvalue weighted by Crippen LogP contribution is -2.17. The third-order valence-corrected chi connectivity index (χ3v) is 4.43. The van der Waals surface area contributed by atoms with Crippen LogP contribution in [0, 0.1) is 5.92 Å². The molecule has 0 saturated heterocycles. The van der Waals surface area contributed by atoms with Gasteiger partial charge in [0.1, 0.15) is 0 Å². The molecule has 4 nitrogen and oxygen atoms in total. The molecule has 24 heavy (non-hydrogen) atoms. The van der Waals surface area contributed by atoms with Crippen molar-refractivity contribution in [3.8, 4) is 0 Å². The standard InChI is InChI=1S/C20H36O4/c1-2-3-4-5-6-7-8-9-10-11-12-13-14-15-16-18(20(23)24)17-19(21)22/h2-3,18H,4-17H2,1H3,(H,21,22)(H,23,24). The Morgan fingerprint density at radius 2 is 1.25 bits per heavy atom. The summed E-state index contributed by atoms with van der Waals surface area (Å²) >= 11 is 0. The van der Waals surface area contributed by atoms with Gasteiger partial charge in [-0.3, -0.25) is 9.59 Å². The Morgan fingerprint density at radius 3 is 1.67 bits per heavy atom. The largest absolute Gasteiger partial charge is 0.481 e. The van der Waals surface area contributed by atoms with Gasteiger partial charge in [-0.2, -0.15) is 0 Å². The van der Waals surface area contributed by atoms with Gasteiger partial charge in [-0.15, -0.1) is 0 Å². The van der Waals surface area contributed by atoms with Crippen LogP contribution in [0.25, 0.3) is 0 Å². The molecular weight excluding hydrogens is 304 g/mol. The molecular formula is C20H36O4. The van der Waals surface area contributed by atoms with Gasteiger partial charge in [-0.05, 0) is 26.2 Å². The normalized spacial score (nSPS) is 12.5. The number of aliphatic carboxylic acids is 2. The predicted molar refractivity (Wildman–Crippen MR) is 98.2 cm³/mol. The van der Waals surface area contributed by atoms with E-state index in [9.17, 15) is 9.59 Å². The molecule has 140 valence electrons. The molecule has 0 aromatic heterocycles. The Balaban J connectivity index is 3.32. The van der Waals surface area contributed by atoms with Crippen molar-refractivity contribution < 1.29 is 19.8 Å². The van der Waals surface area contributed by atoms with Crippen molar-refractivity contribution in [2.75, 3.05) is 0 Å². The number of hydrogen-bond acceptors (Lipinski definition) is 2. The van der Waals surface area contributed by atoms with Crippen molar-refractivity contribution in [3.05, 3.63) is 12.2 Å². The zero-order valence-corrected chi connectivity index (χ0v) is 15.3. The summed E-state index contributed by atoms with van der Waals surface area (Å²) in [6.45, 7) is 2.07. The summed E-state index contributed by atoms with van der Waals surface area (Å²) in [5, 5.41) is 17.6. The highest BCUT2D eigenvalue weighted by atomic mass is 16.4. The molecule has 4 heteroatoms. The summed E-state index contributed by atoms with van der Waals surface area (Å²) in [4.78, 5) is 21.5. The molecule has 0 bridgehead atoms. The predicted octanol–water partition coefficient (Wildman–Crippen LogP) is 5.81. The average Bonchev–Trinajstić information content (AvgIpc) is 2.53. The summed E-state index contributed by atoms with van der Waals surface area (Å²) in [6, 6.07) is 0. The number of carboxylic acid groups (broad SMARTS) is 2. The summed E-state index contributed by atoms with van der Waals surface area (Å²) in [5.74, 6) is -2.73. The number of carboxylic acids is 2. The van der Waals surface area contributed by atoms with Crippen LogP contribution in [0.2, 0.25) is 0 Å². The number of hydrogen-bond donors (Lipinski definition) is 2. The molecule has 0 saturated carbocycles. The fraction of sp³-hybridized carbons (Fsp3) is 0.800. The van der Waals surface area contributed by atoms with Crippen LogP contribution in [0.4, 0.5) is 0 Å². The van der Waals surface area contributed by atoms with Gasteiger partial charge in [-0.25, -0.2) is 0 Å². The zero-order chi connectivity index (χ0) is 18.0. The van der Waals surface area contributed by atoms with Crippen molar-refractivity contribution >= 4 is 11.9 Å². The summed E-state index contributed by atoms with van der Waals surface area (Å²) < 4.78 is 0. The van der Waals surface area contributed by atoms with Crippen LogP contribution in [-0.2, 0) is 9.59 Å². The highest BCUT2D eigenvalue weighted by Crippen LogP contribution is 2.16. The molecule has 0 amide bonds. The minimum absolute atomic E-state index is 0.260. The molecule has 0 aliphatic carbocycles. The Bertz CT molecular complexity index is 350. The third kappa shape index (κ3) is 15.6. The van der Waals surface area contributed by atoms with E-state index >= 15 is 0 Å². The lowest BCUT2D eigenvalue weighted by atomic mass is 9.97. The van der Waals surface area contributed by atoms with Crippen molar-refractivity contribution in [2.45, 2.75) is 96.8 Å². The molecule has 1 unspecified atom stereocenters. The van der Waals surface area contributed by atoms with Crippen molar-refractivity contribution in [1.82, 2.24) is 0 Å². The van der Waals surface area contributed by atoms with Gasteiger partial charge in [-0.1, -0.05) is 76.4 Å². The van der Waals surface area contributed by atoms with Crippen LogP contribution in [0.15, 0.2) is 12.2 Å². The van der Waals surface area contributed by atoms with E-state index in [0.29, 0.717) is 6.42 Å². The van der Waals surface area contributed by atoms with E-state index in [1.165, 1.54) is 57.8 Å². The molecule has 0 aliphatic rings. The summed E-state index contributed by atoms with van der Waals surface area (Å²) in [6.07, 6.45) is 19.2. The van der Waals surface area contributed by atoms with Crippen LogP contribution in [-0.4, -0.2) is 22.2 Å². The first-order valence-corrected chi connectivity index (χ1v) is 9.63. The Morgan fingerprint density at radius 1 is 0.792 bits per heavy atom.